The molecule has 0 spiro atoms. The van der Waals surface area contributed by atoms with E-state index in [-0.39, 0.29) is 11.9 Å². The van der Waals surface area contributed by atoms with Crippen LogP contribution < -0.4 is 5.32 Å². The van der Waals surface area contributed by atoms with E-state index in [2.05, 4.69) is 5.32 Å². The van der Waals surface area contributed by atoms with Crippen molar-refractivity contribution in [2.75, 3.05) is 7.11 Å². The first kappa shape index (κ1) is 16.5. The van der Waals surface area contributed by atoms with Crippen molar-refractivity contribution >= 4 is 11.9 Å². The fraction of sp³-hybridized carbons (Fsp3) is 0.529. The molecule has 0 bridgehead atoms. The maximum Gasteiger partial charge on any atom is 0.308 e. The van der Waals surface area contributed by atoms with Gasteiger partial charge in [0.25, 0.3) is 5.91 Å². The van der Waals surface area contributed by atoms with Crippen molar-refractivity contribution in [1.29, 1.82) is 0 Å². The van der Waals surface area contributed by atoms with Crippen LogP contribution in [0.25, 0.3) is 0 Å². The molecule has 1 aliphatic rings. The van der Waals surface area contributed by atoms with Crippen molar-refractivity contribution in [2.45, 2.75) is 44.8 Å². The number of hydrogen-bond donors (Lipinski definition) is 2. The maximum absolute atomic E-state index is 12.4. The lowest BCUT2D eigenvalue weighted by molar-refractivity contribution is -0.142. The second kappa shape index (κ2) is 7.94. The predicted octanol–water partition coefficient (Wildman–Crippen LogP) is 2.60. The van der Waals surface area contributed by atoms with Gasteiger partial charge in [0.1, 0.15) is 0 Å². The molecule has 22 heavy (non-hydrogen) atoms. The van der Waals surface area contributed by atoms with E-state index < -0.39 is 11.9 Å². The fourth-order valence-electron chi connectivity index (χ4n) is 3.00. The van der Waals surface area contributed by atoms with Crippen molar-refractivity contribution in [1.82, 2.24) is 5.32 Å². The molecule has 120 valence electrons. The molecular weight excluding hydrogens is 282 g/mol. The number of carbonyl (C=O) groups is 2. The van der Waals surface area contributed by atoms with Gasteiger partial charge in [-0.15, -0.1) is 0 Å². The van der Waals surface area contributed by atoms with Gasteiger partial charge in [-0.1, -0.05) is 31.4 Å². The molecule has 2 N–H and O–H groups in total. The van der Waals surface area contributed by atoms with Gasteiger partial charge in [0.05, 0.1) is 12.5 Å². The lowest BCUT2D eigenvalue weighted by Gasteiger charge is -2.23. The number of nitrogens with one attached hydrogen (secondary N) is 1. The zero-order valence-corrected chi connectivity index (χ0v) is 12.9. The van der Waals surface area contributed by atoms with Crippen molar-refractivity contribution in [2.24, 2.45) is 5.92 Å². The second-order valence-electron chi connectivity index (χ2n) is 5.80. The molecule has 1 aromatic rings. The van der Waals surface area contributed by atoms with Crippen molar-refractivity contribution in [3.8, 4) is 0 Å². The highest BCUT2D eigenvalue weighted by Crippen LogP contribution is 2.24. The van der Waals surface area contributed by atoms with Gasteiger partial charge in [-0.2, -0.15) is 0 Å². The number of methoxy groups -OCH3 is 1. The molecule has 1 saturated carbocycles. The molecule has 5 heteroatoms. The minimum Gasteiger partial charge on any atom is -0.481 e. The van der Waals surface area contributed by atoms with E-state index in [0.717, 1.165) is 31.2 Å². The van der Waals surface area contributed by atoms with Crippen molar-refractivity contribution in [3.63, 3.8) is 0 Å². The molecule has 0 radical (unpaired) electrons. The quantitative estimate of drug-likeness (QED) is 0.820. The highest BCUT2D eigenvalue weighted by Gasteiger charge is 2.30. The normalized spacial score (nSPS) is 21.9. The third kappa shape index (κ3) is 4.31. The van der Waals surface area contributed by atoms with E-state index in [1.54, 1.807) is 19.2 Å². The molecule has 0 unspecified atom stereocenters. The van der Waals surface area contributed by atoms with E-state index in [1.165, 1.54) is 0 Å². The number of ether oxygens (including phenoxy) is 1. The van der Waals surface area contributed by atoms with Gasteiger partial charge < -0.3 is 15.2 Å². The van der Waals surface area contributed by atoms with Gasteiger partial charge in [0, 0.05) is 18.7 Å². The lowest BCUT2D eigenvalue weighted by Crippen LogP contribution is -2.42. The summed E-state index contributed by atoms with van der Waals surface area (Å²) in [6, 6.07) is 6.93. The van der Waals surface area contributed by atoms with Gasteiger partial charge in [-0.3, -0.25) is 9.59 Å². The average Bonchev–Trinajstić information content (AvgIpc) is 2.73. The van der Waals surface area contributed by atoms with Crippen LogP contribution in [0, 0.1) is 5.92 Å². The zero-order chi connectivity index (χ0) is 15.9. The molecule has 1 amide bonds. The summed E-state index contributed by atoms with van der Waals surface area (Å²) in [6.45, 7) is 0.447. The standard InChI is InChI=1S/C17H23NO4/c1-22-11-12-6-5-7-13(10-12)16(19)18-15-9-4-2-3-8-14(15)17(20)21/h5-7,10,14-15H,2-4,8-9,11H2,1H3,(H,18,19)(H,20,21)/t14-,15+/m1/s1. The highest BCUT2D eigenvalue weighted by atomic mass is 16.5. The van der Waals surface area contributed by atoms with Crippen LogP contribution in [0.1, 0.15) is 48.0 Å². The lowest BCUT2D eigenvalue weighted by atomic mass is 9.94. The summed E-state index contributed by atoms with van der Waals surface area (Å²) in [5.41, 5.74) is 1.47. The number of amides is 1. The Labute approximate surface area is 130 Å². The van der Waals surface area contributed by atoms with Gasteiger partial charge in [0.2, 0.25) is 0 Å². The first-order chi connectivity index (χ1) is 10.6. The Balaban J connectivity index is 2.08. The number of hydrogen-bond acceptors (Lipinski definition) is 3. The van der Waals surface area contributed by atoms with Crippen LogP contribution in [0.5, 0.6) is 0 Å². The van der Waals surface area contributed by atoms with Gasteiger partial charge >= 0.3 is 5.97 Å². The number of rotatable bonds is 5. The molecule has 0 heterocycles. The summed E-state index contributed by atoms with van der Waals surface area (Å²) >= 11 is 0. The Bertz CT molecular complexity index is 529. The number of carboxylic acids is 1. The molecule has 2 atom stereocenters. The van der Waals surface area contributed by atoms with E-state index >= 15 is 0 Å². The zero-order valence-electron chi connectivity index (χ0n) is 12.9. The number of carboxylic acid groups (broad SMARTS) is 1. The van der Waals surface area contributed by atoms with Crippen LogP contribution >= 0.6 is 0 Å². The van der Waals surface area contributed by atoms with E-state index in [4.69, 9.17) is 4.74 Å². The van der Waals surface area contributed by atoms with Crippen LogP contribution in [0.2, 0.25) is 0 Å². The summed E-state index contributed by atoms with van der Waals surface area (Å²) < 4.78 is 5.07. The number of aliphatic carboxylic acids is 1. The first-order valence-corrected chi connectivity index (χ1v) is 7.73. The molecule has 2 rings (SSSR count). The predicted molar refractivity (Wildman–Crippen MR) is 82.6 cm³/mol. The maximum atomic E-state index is 12.4. The Hall–Kier alpha value is -1.88. The monoisotopic (exact) mass is 305 g/mol. The van der Waals surface area contributed by atoms with Crippen LogP contribution in [-0.2, 0) is 16.1 Å². The number of benzene rings is 1. The molecule has 0 saturated heterocycles. The Kier molecular flexibility index (Phi) is 5.95. The largest absolute Gasteiger partial charge is 0.481 e. The molecule has 1 fully saturated rings. The van der Waals surface area contributed by atoms with Crippen molar-refractivity contribution in [3.05, 3.63) is 35.4 Å². The third-order valence-corrected chi connectivity index (χ3v) is 4.15. The average molecular weight is 305 g/mol. The van der Waals surface area contributed by atoms with Crippen LogP contribution in [0.15, 0.2) is 24.3 Å². The van der Waals surface area contributed by atoms with E-state index in [1.807, 2.05) is 12.1 Å². The van der Waals surface area contributed by atoms with Crippen LogP contribution in [0.3, 0.4) is 0 Å². The summed E-state index contributed by atoms with van der Waals surface area (Å²) in [4.78, 5) is 23.8. The fourth-order valence-corrected chi connectivity index (χ4v) is 3.00. The summed E-state index contributed by atoms with van der Waals surface area (Å²) in [7, 11) is 1.61. The molecule has 1 aliphatic carbocycles. The molecule has 5 nitrogen and oxygen atoms in total. The minimum absolute atomic E-state index is 0.212. The highest BCUT2D eigenvalue weighted by molar-refractivity contribution is 5.94. The Morgan fingerprint density at radius 2 is 2.05 bits per heavy atom. The molecular formula is C17H23NO4. The van der Waals surface area contributed by atoms with Crippen molar-refractivity contribution < 1.29 is 19.4 Å². The summed E-state index contributed by atoms with van der Waals surface area (Å²) in [5.74, 6) is -1.52. The SMILES string of the molecule is COCc1cccc(C(=O)N[C@H]2CCCCC[C@H]2C(=O)O)c1. The first-order valence-electron chi connectivity index (χ1n) is 7.73. The molecule has 0 aromatic heterocycles. The van der Waals surface area contributed by atoms with Gasteiger partial charge in [-0.25, -0.2) is 0 Å². The van der Waals surface area contributed by atoms with E-state index in [0.29, 0.717) is 18.6 Å². The number of carbonyl (C=O) groups excluding carboxylic acids is 1. The van der Waals surface area contributed by atoms with Crippen LogP contribution in [-0.4, -0.2) is 30.1 Å². The Morgan fingerprint density at radius 1 is 1.27 bits per heavy atom. The third-order valence-electron chi connectivity index (χ3n) is 4.15. The smallest absolute Gasteiger partial charge is 0.308 e. The summed E-state index contributed by atoms with van der Waals surface area (Å²) in [6.07, 6.45) is 4.25. The summed E-state index contributed by atoms with van der Waals surface area (Å²) in [5, 5.41) is 12.3. The molecule has 0 aliphatic heterocycles. The Morgan fingerprint density at radius 3 is 2.77 bits per heavy atom. The topological polar surface area (TPSA) is 75.6 Å². The second-order valence-corrected chi connectivity index (χ2v) is 5.80. The van der Waals surface area contributed by atoms with Crippen LogP contribution in [0.4, 0.5) is 0 Å². The molecule has 1 aromatic carbocycles. The van der Waals surface area contributed by atoms with Gasteiger partial charge in [-0.05, 0) is 30.5 Å². The van der Waals surface area contributed by atoms with Gasteiger partial charge in [0.15, 0.2) is 0 Å². The minimum atomic E-state index is -0.819. The van der Waals surface area contributed by atoms with E-state index in [9.17, 15) is 14.7 Å².